The van der Waals surface area contributed by atoms with Crippen LogP contribution in [0.3, 0.4) is 0 Å². The molecule has 0 atom stereocenters. The van der Waals surface area contributed by atoms with E-state index < -0.39 is 0 Å². The molecule has 4 aromatic rings. The van der Waals surface area contributed by atoms with Crippen LogP contribution in [0.1, 0.15) is 34.1 Å². The molecule has 37 heavy (non-hydrogen) atoms. The van der Waals surface area contributed by atoms with Crippen LogP contribution in [0.25, 0.3) is 22.4 Å². The van der Waals surface area contributed by atoms with E-state index >= 15 is 0 Å². The van der Waals surface area contributed by atoms with Gasteiger partial charge in [-0.25, -0.2) is 4.98 Å². The molecule has 1 saturated heterocycles. The molecule has 2 aromatic heterocycles. The fourth-order valence-corrected chi connectivity index (χ4v) is 4.76. The van der Waals surface area contributed by atoms with E-state index in [1.807, 2.05) is 73.3 Å². The van der Waals surface area contributed by atoms with Crippen molar-refractivity contribution < 1.29 is 14.1 Å². The molecule has 1 N–H and O–H groups in total. The summed E-state index contributed by atoms with van der Waals surface area (Å²) in [5.74, 6) is -0.118. The third-order valence-corrected chi connectivity index (χ3v) is 6.89. The molecule has 0 spiro atoms. The number of fused-ring (bicyclic) bond motifs is 1. The Hall–Kier alpha value is -4.04. The van der Waals surface area contributed by atoms with Crippen molar-refractivity contribution in [1.29, 1.82) is 0 Å². The summed E-state index contributed by atoms with van der Waals surface area (Å²) in [4.78, 5) is 34.9. The number of aryl methyl sites for hydroxylation is 3. The number of benzene rings is 2. The number of hydrogen-bond acceptors (Lipinski definition) is 6. The monoisotopic (exact) mass is 497 g/mol. The number of anilines is 1. The molecular formula is C29H31N5O3. The number of piperazine rings is 1. The van der Waals surface area contributed by atoms with Gasteiger partial charge < -0.3 is 14.7 Å². The predicted octanol–water partition coefficient (Wildman–Crippen LogP) is 4.47. The van der Waals surface area contributed by atoms with Gasteiger partial charge in [0.1, 0.15) is 0 Å². The molecular weight excluding hydrogens is 466 g/mol. The van der Waals surface area contributed by atoms with E-state index in [0.717, 1.165) is 28.8 Å². The third-order valence-electron chi connectivity index (χ3n) is 6.89. The summed E-state index contributed by atoms with van der Waals surface area (Å²) in [6, 6.07) is 17.7. The van der Waals surface area contributed by atoms with Gasteiger partial charge in [-0.2, -0.15) is 0 Å². The SMILES string of the molecule is CCc1ccccc1NC(=O)CN1CCN(C(=O)c2cc(-c3ccc(C)cc3)nc3onc(C)c23)CC1. The van der Waals surface area contributed by atoms with Crippen LogP contribution in [0.4, 0.5) is 5.69 Å². The van der Waals surface area contributed by atoms with Gasteiger partial charge in [0, 0.05) is 37.4 Å². The topological polar surface area (TPSA) is 91.6 Å². The van der Waals surface area contributed by atoms with Gasteiger partial charge in [-0.3, -0.25) is 14.5 Å². The highest BCUT2D eigenvalue weighted by atomic mass is 16.5. The molecule has 0 aliphatic carbocycles. The highest BCUT2D eigenvalue weighted by Gasteiger charge is 2.27. The zero-order valence-electron chi connectivity index (χ0n) is 21.5. The van der Waals surface area contributed by atoms with Gasteiger partial charge in [0.05, 0.1) is 28.9 Å². The third kappa shape index (κ3) is 5.24. The zero-order valence-corrected chi connectivity index (χ0v) is 21.5. The summed E-state index contributed by atoms with van der Waals surface area (Å²) in [7, 11) is 0. The Bertz CT molecular complexity index is 1440. The van der Waals surface area contributed by atoms with Crippen LogP contribution in [-0.2, 0) is 11.2 Å². The molecule has 5 rings (SSSR count). The molecule has 0 unspecified atom stereocenters. The minimum atomic E-state index is -0.0759. The lowest BCUT2D eigenvalue weighted by Crippen LogP contribution is -2.50. The fourth-order valence-electron chi connectivity index (χ4n) is 4.76. The molecule has 3 heterocycles. The molecule has 8 heteroatoms. The first-order valence-corrected chi connectivity index (χ1v) is 12.7. The van der Waals surface area contributed by atoms with E-state index in [4.69, 9.17) is 4.52 Å². The van der Waals surface area contributed by atoms with E-state index in [1.165, 1.54) is 0 Å². The number of rotatable bonds is 6. The summed E-state index contributed by atoms with van der Waals surface area (Å²) >= 11 is 0. The minimum Gasteiger partial charge on any atom is -0.336 e. The van der Waals surface area contributed by atoms with E-state index in [0.29, 0.717) is 60.8 Å². The van der Waals surface area contributed by atoms with Crippen molar-refractivity contribution in [3.8, 4) is 11.3 Å². The Kier molecular flexibility index (Phi) is 7.01. The first kappa shape index (κ1) is 24.6. The second-order valence-corrected chi connectivity index (χ2v) is 9.50. The van der Waals surface area contributed by atoms with E-state index in [-0.39, 0.29) is 11.8 Å². The number of carbonyl (C=O) groups excluding carboxylic acids is 2. The van der Waals surface area contributed by atoms with Gasteiger partial charge in [0.2, 0.25) is 5.91 Å². The largest absolute Gasteiger partial charge is 0.336 e. The summed E-state index contributed by atoms with van der Waals surface area (Å²) in [5, 5.41) is 7.75. The predicted molar refractivity (Wildman–Crippen MR) is 144 cm³/mol. The Labute approximate surface area is 216 Å². The summed E-state index contributed by atoms with van der Waals surface area (Å²) in [6.45, 7) is 8.53. The Morgan fingerprint density at radius 1 is 1.00 bits per heavy atom. The molecule has 2 aromatic carbocycles. The summed E-state index contributed by atoms with van der Waals surface area (Å²) < 4.78 is 5.45. The van der Waals surface area contributed by atoms with Gasteiger partial charge in [-0.05, 0) is 38.0 Å². The standard InChI is InChI=1S/C29H31N5O3/c1-4-21-7-5-6-8-24(21)30-26(35)18-33-13-15-34(16-14-33)29(36)23-17-25(22-11-9-19(2)10-12-22)31-28-27(23)20(3)32-37-28/h5-12,17H,4,13-16,18H2,1-3H3,(H,30,35). The summed E-state index contributed by atoms with van der Waals surface area (Å²) in [5.41, 5.74) is 6.26. The van der Waals surface area contributed by atoms with E-state index in [2.05, 4.69) is 27.3 Å². The van der Waals surface area contributed by atoms with Crippen LogP contribution < -0.4 is 5.32 Å². The number of pyridine rings is 1. The second kappa shape index (κ2) is 10.5. The molecule has 0 saturated carbocycles. The highest BCUT2D eigenvalue weighted by Crippen LogP contribution is 2.28. The van der Waals surface area contributed by atoms with Crippen molar-refractivity contribution in [2.45, 2.75) is 27.2 Å². The maximum absolute atomic E-state index is 13.7. The second-order valence-electron chi connectivity index (χ2n) is 9.50. The number of nitrogens with one attached hydrogen (secondary N) is 1. The number of amides is 2. The number of aromatic nitrogens is 2. The van der Waals surface area contributed by atoms with Crippen molar-refractivity contribution in [2.24, 2.45) is 0 Å². The zero-order chi connectivity index (χ0) is 25.9. The molecule has 1 fully saturated rings. The van der Waals surface area contributed by atoms with Crippen LogP contribution in [0.5, 0.6) is 0 Å². The van der Waals surface area contributed by atoms with Gasteiger partial charge in [0.25, 0.3) is 11.6 Å². The van der Waals surface area contributed by atoms with Gasteiger partial charge in [-0.15, -0.1) is 0 Å². The molecule has 1 aliphatic heterocycles. The van der Waals surface area contributed by atoms with Crippen molar-refractivity contribution in [2.75, 3.05) is 38.0 Å². The number of para-hydroxylation sites is 1. The molecule has 2 amide bonds. The molecule has 0 bridgehead atoms. The molecule has 190 valence electrons. The Balaban J connectivity index is 1.28. The lowest BCUT2D eigenvalue weighted by Gasteiger charge is -2.34. The lowest BCUT2D eigenvalue weighted by atomic mass is 10.0. The number of nitrogens with zero attached hydrogens (tertiary/aromatic N) is 4. The van der Waals surface area contributed by atoms with Gasteiger partial charge in [0.15, 0.2) is 0 Å². The van der Waals surface area contributed by atoms with Crippen LogP contribution in [-0.4, -0.2) is 64.5 Å². The van der Waals surface area contributed by atoms with Crippen molar-refractivity contribution >= 4 is 28.6 Å². The number of carbonyl (C=O) groups is 2. The molecule has 8 nitrogen and oxygen atoms in total. The van der Waals surface area contributed by atoms with E-state index in [1.54, 1.807) is 0 Å². The van der Waals surface area contributed by atoms with Crippen LogP contribution in [0.2, 0.25) is 0 Å². The maximum Gasteiger partial charge on any atom is 0.259 e. The average molecular weight is 498 g/mol. The van der Waals surface area contributed by atoms with Gasteiger partial charge >= 0.3 is 0 Å². The minimum absolute atomic E-state index is 0.0423. The Morgan fingerprint density at radius 2 is 1.73 bits per heavy atom. The first-order chi connectivity index (χ1) is 17.9. The molecule has 0 radical (unpaired) electrons. The van der Waals surface area contributed by atoms with Crippen LogP contribution in [0.15, 0.2) is 59.1 Å². The highest BCUT2D eigenvalue weighted by molar-refractivity contribution is 6.07. The maximum atomic E-state index is 13.7. The Morgan fingerprint density at radius 3 is 2.46 bits per heavy atom. The number of hydrogen-bond donors (Lipinski definition) is 1. The van der Waals surface area contributed by atoms with Crippen molar-refractivity contribution in [3.05, 3.63) is 77.0 Å². The first-order valence-electron chi connectivity index (χ1n) is 12.7. The quantitative estimate of drug-likeness (QED) is 0.423. The fraction of sp³-hybridized carbons (Fsp3) is 0.310. The van der Waals surface area contributed by atoms with Crippen LogP contribution >= 0.6 is 0 Å². The smallest absolute Gasteiger partial charge is 0.259 e. The average Bonchev–Trinajstić information content (AvgIpc) is 3.29. The van der Waals surface area contributed by atoms with Crippen molar-refractivity contribution in [1.82, 2.24) is 19.9 Å². The van der Waals surface area contributed by atoms with Gasteiger partial charge in [-0.1, -0.05) is 60.1 Å². The van der Waals surface area contributed by atoms with Crippen molar-refractivity contribution in [3.63, 3.8) is 0 Å². The summed E-state index contributed by atoms with van der Waals surface area (Å²) in [6.07, 6.45) is 0.858. The molecule has 1 aliphatic rings. The van der Waals surface area contributed by atoms with E-state index in [9.17, 15) is 9.59 Å². The van der Waals surface area contributed by atoms with Crippen LogP contribution in [0, 0.1) is 13.8 Å². The lowest BCUT2D eigenvalue weighted by molar-refractivity contribution is -0.117. The normalized spacial score (nSPS) is 14.2.